The van der Waals surface area contributed by atoms with Gasteiger partial charge in [0.25, 0.3) is 0 Å². The van der Waals surface area contributed by atoms with Crippen molar-refractivity contribution in [2.45, 2.75) is 40.0 Å². The normalized spacial score (nSPS) is 13.9. The van der Waals surface area contributed by atoms with Crippen molar-refractivity contribution < 1.29 is 9.53 Å². The average molecular weight is 283 g/mol. The zero-order chi connectivity index (χ0) is 14.3. The molecule has 0 radical (unpaired) electrons. The Morgan fingerprint density at radius 1 is 1.32 bits per heavy atom. The molecule has 0 heterocycles. The van der Waals surface area contributed by atoms with Crippen LogP contribution in [0, 0.1) is 11.8 Å². The first-order chi connectivity index (χ1) is 9.08. The standard InChI is InChI=1S/C16H23ClO2/c1-4-12(3)13(5-2)9-10-19-16(18)14-7-6-8-15(17)11-14/h6-8,11-13H,4-5,9-10H2,1-3H3. The van der Waals surface area contributed by atoms with Gasteiger partial charge < -0.3 is 4.74 Å². The highest BCUT2D eigenvalue weighted by atomic mass is 35.5. The molecule has 0 bridgehead atoms. The maximum Gasteiger partial charge on any atom is 0.338 e. The van der Waals surface area contributed by atoms with Gasteiger partial charge in [0.05, 0.1) is 12.2 Å². The zero-order valence-corrected chi connectivity index (χ0v) is 12.7. The van der Waals surface area contributed by atoms with Gasteiger partial charge in [0, 0.05) is 5.02 Å². The molecule has 0 amide bonds. The summed E-state index contributed by atoms with van der Waals surface area (Å²) in [7, 11) is 0. The third-order valence-electron chi connectivity index (χ3n) is 3.76. The molecule has 0 saturated carbocycles. The number of rotatable bonds is 7. The second-order valence-electron chi connectivity index (χ2n) is 4.99. The summed E-state index contributed by atoms with van der Waals surface area (Å²) in [5.41, 5.74) is 0.518. The summed E-state index contributed by atoms with van der Waals surface area (Å²) in [5.74, 6) is 1.01. The van der Waals surface area contributed by atoms with E-state index in [9.17, 15) is 4.79 Å². The molecule has 0 saturated heterocycles. The zero-order valence-electron chi connectivity index (χ0n) is 12.0. The summed E-state index contributed by atoms with van der Waals surface area (Å²) in [6, 6.07) is 6.86. The van der Waals surface area contributed by atoms with Crippen molar-refractivity contribution in [1.29, 1.82) is 0 Å². The van der Waals surface area contributed by atoms with Crippen LogP contribution in [0.5, 0.6) is 0 Å². The molecule has 0 aliphatic rings. The third kappa shape index (κ3) is 5.23. The number of esters is 1. The highest BCUT2D eigenvalue weighted by molar-refractivity contribution is 6.30. The SMILES string of the molecule is CCC(C)C(CC)CCOC(=O)c1cccc(Cl)c1. The van der Waals surface area contributed by atoms with Gasteiger partial charge in [-0.2, -0.15) is 0 Å². The van der Waals surface area contributed by atoms with E-state index in [-0.39, 0.29) is 5.97 Å². The van der Waals surface area contributed by atoms with Gasteiger partial charge in [-0.3, -0.25) is 0 Å². The monoisotopic (exact) mass is 282 g/mol. The van der Waals surface area contributed by atoms with Crippen LogP contribution in [0.15, 0.2) is 24.3 Å². The molecule has 0 aromatic heterocycles. The summed E-state index contributed by atoms with van der Waals surface area (Å²) in [6.07, 6.45) is 3.22. The Labute approximate surface area is 121 Å². The van der Waals surface area contributed by atoms with Gasteiger partial charge in [0.15, 0.2) is 0 Å². The van der Waals surface area contributed by atoms with Gasteiger partial charge in [0.2, 0.25) is 0 Å². The first-order valence-electron chi connectivity index (χ1n) is 7.01. The van der Waals surface area contributed by atoms with E-state index in [1.165, 1.54) is 6.42 Å². The molecular formula is C16H23ClO2. The van der Waals surface area contributed by atoms with Crippen molar-refractivity contribution in [2.75, 3.05) is 6.61 Å². The van der Waals surface area contributed by atoms with Crippen LogP contribution in [-0.2, 0) is 4.74 Å². The lowest BCUT2D eigenvalue weighted by molar-refractivity contribution is 0.0469. The molecule has 1 aromatic rings. The summed E-state index contributed by atoms with van der Waals surface area (Å²) >= 11 is 5.85. The van der Waals surface area contributed by atoms with Crippen LogP contribution in [0.25, 0.3) is 0 Å². The summed E-state index contributed by atoms with van der Waals surface area (Å²) in [5, 5.41) is 0.556. The number of carbonyl (C=O) groups excluding carboxylic acids is 1. The maximum absolute atomic E-state index is 11.8. The van der Waals surface area contributed by atoms with Crippen LogP contribution in [0.1, 0.15) is 50.4 Å². The molecule has 0 N–H and O–H groups in total. The Bertz CT molecular complexity index is 403. The molecule has 2 unspecified atom stereocenters. The largest absolute Gasteiger partial charge is 0.462 e. The molecular weight excluding hydrogens is 260 g/mol. The number of carbonyl (C=O) groups is 1. The van der Waals surface area contributed by atoms with E-state index in [0.717, 1.165) is 12.8 Å². The Morgan fingerprint density at radius 3 is 2.63 bits per heavy atom. The molecule has 3 heteroatoms. The molecule has 1 aromatic carbocycles. The van der Waals surface area contributed by atoms with Gasteiger partial charge in [-0.25, -0.2) is 4.79 Å². The fraction of sp³-hybridized carbons (Fsp3) is 0.562. The van der Waals surface area contributed by atoms with Crippen molar-refractivity contribution in [1.82, 2.24) is 0 Å². The lowest BCUT2D eigenvalue weighted by Crippen LogP contribution is -2.15. The number of ether oxygens (including phenoxy) is 1. The topological polar surface area (TPSA) is 26.3 Å². The van der Waals surface area contributed by atoms with E-state index in [4.69, 9.17) is 16.3 Å². The molecule has 2 atom stereocenters. The second-order valence-corrected chi connectivity index (χ2v) is 5.43. The Morgan fingerprint density at radius 2 is 2.05 bits per heavy atom. The minimum atomic E-state index is -0.290. The van der Waals surface area contributed by atoms with Gasteiger partial charge in [-0.05, 0) is 36.5 Å². The van der Waals surface area contributed by atoms with E-state index in [1.807, 2.05) is 0 Å². The third-order valence-corrected chi connectivity index (χ3v) is 3.99. The van der Waals surface area contributed by atoms with Crippen LogP contribution < -0.4 is 0 Å². The highest BCUT2D eigenvalue weighted by Crippen LogP contribution is 2.22. The van der Waals surface area contributed by atoms with Crippen LogP contribution in [0.2, 0.25) is 5.02 Å². The lowest BCUT2D eigenvalue weighted by Gasteiger charge is -2.21. The fourth-order valence-corrected chi connectivity index (χ4v) is 2.42. The molecule has 0 aliphatic heterocycles. The Kier molecular flexibility index (Phi) is 6.93. The molecule has 0 fully saturated rings. The maximum atomic E-state index is 11.8. The van der Waals surface area contributed by atoms with Crippen LogP contribution in [0.4, 0.5) is 0 Å². The van der Waals surface area contributed by atoms with E-state index in [2.05, 4.69) is 20.8 Å². The second kappa shape index (κ2) is 8.21. The van der Waals surface area contributed by atoms with E-state index in [0.29, 0.717) is 29.0 Å². The van der Waals surface area contributed by atoms with Gasteiger partial charge >= 0.3 is 5.97 Å². The first kappa shape index (κ1) is 16.0. The van der Waals surface area contributed by atoms with Crippen LogP contribution >= 0.6 is 11.6 Å². The van der Waals surface area contributed by atoms with Crippen molar-refractivity contribution in [3.05, 3.63) is 34.9 Å². The molecule has 0 aliphatic carbocycles. The molecule has 1 rings (SSSR count). The van der Waals surface area contributed by atoms with Crippen molar-refractivity contribution >= 4 is 17.6 Å². The first-order valence-corrected chi connectivity index (χ1v) is 7.38. The average Bonchev–Trinajstić information content (AvgIpc) is 2.42. The minimum absolute atomic E-state index is 0.290. The Hall–Kier alpha value is -1.02. The van der Waals surface area contributed by atoms with E-state index < -0.39 is 0 Å². The fourth-order valence-electron chi connectivity index (χ4n) is 2.23. The predicted octanol–water partition coefficient (Wildman–Crippen LogP) is 4.96. The summed E-state index contributed by atoms with van der Waals surface area (Å²) in [6.45, 7) is 7.13. The molecule has 19 heavy (non-hydrogen) atoms. The summed E-state index contributed by atoms with van der Waals surface area (Å²) in [4.78, 5) is 11.8. The van der Waals surface area contributed by atoms with Crippen molar-refractivity contribution in [3.8, 4) is 0 Å². The number of benzene rings is 1. The van der Waals surface area contributed by atoms with Crippen molar-refractivity contribution in [2.24, 2.45) is 11.8 Å². The number of hydrogen-bond acceptors (Lipinski definition) is 2. The van der Waals surface area contributed by atoms with Gasteiger partial charge in [0.1, 0.15) is 0 Å². The molecule has 0 spiro atoms. The predicted molar refractivity (Wildman–Crippen MR) is 79.6 cm³/mol. The van der Waals surface area contributed by atoms with Crippen molar-refractivity contribution in [3.63, 3.8) is 0 Å². The molecule has 2 nitrogen and oxygen atoms in total. The summed E-state index contributed by atoms with van der Waals surface area (Å²) < 4.78 is 5.31. The number of halogens is 1. The smallest absolute Gasteiger partial charge is 0.338 e. The highest BCUT2D eigenvalue weighted by Gasteiger charge is 2.15. The number of hydrogen-bond donors (Lipinski definition) is 0. The van der Waals surface area contributed by atoms with Crippen LogP contribution in [0.3, 0.4) is 0 Å². The molecule has 106 valence electrons. The van der Waals surface area contributed by atoms with Gasteiger partial charge in [-0.1, -0.05) is 51.3 Å². The Balaban J connectivity index is 2.42. The van der Waals surface area contributed by atoms with Gasteiger partial charge in [-0.15, -0.1) is 0 Å². The van der Waals surface area contributed by atoms with E-state index in [1.54, 1.807) is 24.3 Å². The van der Waals surface area contributed by atoms with Crippen LogP contribution in [-0.4, -0.2) is 12.6 Å². The lowest BCUT2D eigenvalue weighted by atomic mass is 9.87. The van der Waals surface area contributed by atoms with E-state index >= 15 is 0 Å². The quantitative estimate of drug-likeness (QED) is 0.661. The minimum Gasteiger partial charge on any atom is -0.462 e.